The largest absolute Gasteiger partial charge is 0.352 e. The minimum absolute atomic E-state index is 0.0209. The van der Waals surface area contributed by atoms with Crippen LogP contribution >= 0.6 is 12.2 Å². The minimum Gasteiger partial charge on any atom is -0.352 e. The van der Waals surface area contributed by atoms with Gasteiger partial charge in [-0.25, -0.2) is 4.39 Å². The topological polar surface area (TPSA) is 33.1 Å². The Morgan fingerprint density at radius 2 is 1.85 bits per heavy atom. The van der Waals surface area contributed by atoms with Crippen LogP contribution in [-0.2, 0) is 0 Å². The van der Waals surface area contributed by atoms with Crippen molar-refractivity contribution in [1.29, 1.82) is 0 Å². The third-order valence-corrected chi connectivity index (χ3v) is 5.21. The molecule has 2 atom stereocenters. The van der Waals surface area contributed by atoms with E-state index in [0.29, 0.717) is 0 Å². The van der Waals surface area contributed by atoms with E-state index in [1.54, 1.807) is 18.3 Å². The van der Waals surface area contributed by atoms with E-state index in [1.807, 2.05) is 30.5 Å². The fourth-order valence-electron chi connectivity index (χ4n) is 3.71. The number of nitrogens with zero attached hydrogens (tertiary/aromatic N) is 3. The van der Waals surface area contributed by atoms with Gasteiger partial charge in [-0.1, -0.05) is 6.07 Å². The van der Waals surface area contributed by atoms with Crippen LogP contribution in [0.4, 0.5) is 4.39 Å². The van der Waals surface area contributed by atoms with E-state index in [2.05, 4.69) is 39.7 Å². The quantitative estimate of drug-likeness (QED) is 0.681. The number of rotatable bonds is 4. The highest BCUT2D eigenvalue weighted by Crippen LogP contribution is 2.40. The van der Waals surface area contributed by atoms with Crippen molar-refractivity contribution in [2.24, 2.45) is 0 Å². The van der Waals surface area contributed by atoms with Crippen molar-refractivity contribution >= 4 is 17.3 Å². The monoisotopic (exact) mass is 380 g/mol. The van der Waals surface area contributed by atoms with Crippen molar-refractivity contribution < 1.29 is 4.39 Å². The summed E-state index contributed by atoms with van der Waals surface area (Å²) in [6.45, 7) is 4.26. The molecule has 6 heteroatoms. The number of halogens is 1. The summed E-state index contributed by atoms with van der Waals surface area (Å²) in [7, 11) is 0. The maximum atomic E-state index is 13.4. The van der Waals surface area contributed by atoms with Crippen LogP contribution in [0.2, 0.25) is 0 Å². The summed E-state index contributed by atoms with van der Waals surface area (Å²) < 4.78 is 15.5. The fourth-order valence-corrected chi connectivity index (χ4v) is 4.16. The van der Waals surface area contributed by atoms with E-state index in [-0.39, 0.29) is 23.9 Å². The molecule has 0 saturated carbocycles. The second-order valence-electron chi connectivity index (χ2n) is 6.91. The zero-order chi connectivity index (χ0) is 19.0. The predicted molar refractivity (Wildman–Crippen MR) is 108 cm³/mol. The number of aromatic nitrogens is 2. The summed E-state index contributed by atoms with van der Waals surface area (Å²) in [5.74, 6) is -0.244. The van der Waals surface area contributed by atoms with Gasteiger partial charge in [-0.15, -0.1) is 0 Å². The molecular weight excluding hydrogens is 359 g/mol. The van der Waals surface area contributed by atoms with E-state index in [1.165, 1.54) is 12.1 Å². The van der Waals surface area contributed by atoms with Gasteiger partial charge in [0, 0.05) is 29.8 Å². The molecule has 0 spiro atoms. The Morgan fingerprint density at radius 3 is 2.52 bits per heavy atom. The van der Waals surface area contributed by atoms with Gasteiger partial charge in [-0.05, 0) is 74.6 Å². The highest BCUT2D eigenvalue weighted by Gasteiger charge is 2.42. The van der Waals surface area contributed by atoms with Gasteiger partial charge >= 0.3 is 0 Å². The minimum atomic E-state index is -0.244. The van der Waals surface area contributed by atoms with E-state index in [4.69, 9.17) is 12.2 Å². The van der Waals surface area contributed by atoms with Crippen LogP contribution in [0.1, 0.15) is 37.3 Å². The first kappa shape index (κ1) is 17.7. The maximum Gasteiger partial charge on any atom is 0.170 e. The Balaban J connectivity index is 1.82. The van der Waals surface area contributed by atoms with Crippen LogP contribution in [0.15, 0.2) is 67.0 Å². The average molecular weight is 380 g/mol. The van der Waals surface area contributed by atoms with Gasteiger partial charge in [-0.3, -0.25) is 4.98 Å². The first-order valence-corrected chi connectivity index (χ1v) is 9.40. The molecular formula is C21H21FN4S. The second-order valence-corrected chi connectivity index (χ2v) is 7.29. The van der Waals surface area contributed by atoms with Crippen molar-refractivity contribution in [1.82, 2.24) is 19.8 Å². The van der Waals surface area contributed by atoms with Crippen LogP contribution in [0.25, 0.3) is 5.69 Å². The first-order chi connectivity index (χ1) is 13.1. The molecule has 1 N–H and O–H groups in total. The van der Waals surface area contributed by atoms with Gasteiger partial charge in [0.25, 0.3) is 0 Å². The molecule has 1 aromatic carbocycles. The molecule has 0 unspecified atom stereocenters. The summed E-state index contributed by atoms with van der Waals surface area (Å²) in [5, 5.41) is 4.17. The maximum absolute atomic E-state index is 13.4. The molecule has 1 aliphatic heterocycles. The van der Waals surface area contributed by atoms with E-state index < -0.39 is 0 Å². The van der Waals surface area contributed by atoms with Crippen LogP contribution in [0, 0.1) is 5.82 Å². The van der Waals surface area contributed by atoms with Crippen LogP contribution in [0.5, 0.6) is 0 Å². The molecule has 0 radical (unpaired) electrons. The van der Waals surface area contributed by atoms with E-state index in [0.717, 1.165) is 22.2 Å². The zero-order valence-corrected chi connectivity index (χ0v) is 16.0. The van der Waals surface area contributed by atoms with Crippen LogP contribution < -0.4 is 5.32 Å². The number of hydrogen-bond acceptors (Lipinski definition) is 2. The molecule has 1 fully saturated rings. The molecule has 0 bridgehead atoms. The third-order valence-electron chi connectivity index (χ3n) is 4.88. The summed E-state index contributed by atoms with van der Waals surface area (Å²) in [6.07, 6.45) is 3.80. The Hall–Kier alpha value is -2.73. The number of thiocarbonyl (C=S) groups is 1. The molecule has 4 nitrogen and oxygen atoms in total. The van der Waals surface area contributed by atoms with Gasteiger partial charge in [0.05, 0.1) is 17.8 Å². The molecule has 27 heavy (non-hydrogen) atoms. The number of benzene rings is 1. The van der Waals surface area contributed by atoms with Gasteiger partial charge in [0.1, 0.15) is 5.82 Å². The van der Waals surface area contributed by atoms with Gasteiger partial charge in [-0.2, -0.15) is 0 Å². The lowest BCUT2D eigenvalue weighted by molar-refractivity contribution is 0.262. The predicted octanol–water partition coefficient (Wildman–Crippen LogP) is 4.39. The lowest BCUT2D eigenvalue weighted by Crippen LogP contribution is -2.36. The summed E-state index contributed by atoms with van der Waals surface area (Å²) in [4.78, 5) is 6.77. The fraction of sp³-hybridized carbons (Fsp3) is 0.238. The molecule has 1 saturated heterocycles. The summed E-state index contributed by atoms with van der Waals surface area (Å²) in [5.41, 5.74) is 2.94. The van der Waals surface area contributed by atoms with Crippen LogP contribution in [-0.4, -0.2) is 25.6 Å². The van der Waals surface area contributed by atoms with Gasteiger partial charge in [0.2, 0.25) is 0 Å². The third kappa shape index (κ3) is 3.21. The molecule has 1 aliphatic rings. The zero-order valence-electron chi connectivity index (χ0n) is 15.2. The molecule has 4 rings (SSSR count). The lowest BCUT2D eigenvalue weighted by Gasteiger charge is -2.31. The molecule has 0 amide bonds. The Bertz CT molecular complexity index is 936. The number of hydrogen-bond donors (Lipinski definition) is 1. The molecule has 3 heterocycles. The van der Waals surface area contributed by atoms with Gasteiger partial charge < -0.3 is 14.8 Å². The molecule has 2 aromatic heterocycles. The SMILES string of the molecule is CC(C)N1C(=S)N[C@H](c2ccccn2)[C@@H]1c1cccn1-c1ccc(F)cc1. The molecule has 3 aromatic rings. The first-order valence-electron chi connectivity index (χ1n) is 8.99. The molecule has 0 aliphatic carbocycles. The summed E-state index contributed by atoms with van der Waals surface area (Å²) >= 11 is 5.65. The van der Waals surface area contributed by atoms with Crippen molar-refractivity contribution in [3.05, 3.63) is 84.2 Å². The number of pyridine rings is 1. The van der Waals surface area contributed by atoms with Crippen molar-refractivity contribution in [3.8, 4) is 5.69 Å². The van der Waals surface area contributed by atoms with Crippen LogP contribution in [0.3, 0.4) is 0 Å². The normalized spacial score (nSPS) is 19.6. The Morgan fingerprint density at radius 1 is 1.07 bits per heavy atom. The summed E-state index contributed by atoms with van der Waals surface area (Å²) in [6, 6.07) is 16.7. The Kier molecular flexibility index (Phi) is 4.66. The van der Waals surface area contributed by atoms with Crippen molar-refractivity contribution in [2.45, 2.75) is 32.0 Å². The highest BCUT2D eigenvalue weighted by atomic mass is 32.1. The van der Waals surface area contributed by atoms with Gasteiger partial charge in [0.15, 0.2) is 5.11 Å². The average Bonchev–Trinajstić information content (AvgIpc) is 3.27. The smallest absolute Gasteiger partial charge is 0.170 e. The van der Waals surface area contributed by atoms with E-state index >= 15 is 0 Å². The second kappa shape index (κ2) is 7.12. The Labute approximate surface area is 163 Å². The highest BCUT2D eigenvalue weighted by molar-refractivity contribution is 7.80. The lowest BCUT2D eigenvalue weighted by atomic mass is 10.0. The van der Waals surface area contributed by atoms with Crippen molar-refractivity contribution in [2.75, 3.05) is 0 Å². The standard InChI is InChI=1S/C21H21FN4S/c1-14(2)26-20(19(24-21(26)27)17-6-3-4-12-23-17)18-7-5-13-25(18)16-10-8-15(22)9-11-16/h3-14,19-20H,1-2H3,(H,24,27)/t19-,20+/m1/s1. The number of nitrogens with one attached hydrogen (secondary N) is 1. The van der Waals surface area contributed by atoms with E-state index in [9.17, 15) is 4.39 Å². The molecule has 138 valence electrons. The van der Waals surface area contributed by atoms with Crippen molar-refractivity contribution in [3.63, 3.8) is 0 Å².